The van der Waals surface area contributed by atoms with Gasteiger partial charge in [-0.25, -0.2) is 13.8 Å². The van der Waals surface area contributed by atoms with E-state index in [9.17, 15) is 39.6 Å². The molecular weight excluding hydrogens is 477 g/mol. The second kappa shape index (κ2) is 9.67. The van der Waals surface area contributed by atoms with Gasteiger partial charge in [0, 0.05) is 18.2 Å². The number of aromatic nitrogens is 2. The van der Waals surface area contributed by atoms with Gasteiger partial charge in [0.15, 0.2) is 0 Å². The van der Waals surface area contributed by atoms with Gasteiger partial charge in [-0.3, -0.25) is 9.78 Å². The quantitative estimate of drug-likeness (QED) is 0.184. The van der Waals surface area contributed by atoms with E-state index in [0.717, 1.165) is 11.8 Å². The number of rotatable bonds is 7. The van der Waals surface area contributed by atoms with Crippen molar-refractivity contribution in [2.45, 2.75) is 43.7 Å². The Labute approximate surface area is 203 Å². The van der Waals surface area contributed by atoms with E-state index >= 15 is 0 Å². The molecule has 12 heteroatoms. The van der Waals surface area contributed by atoms with E-state index in [2.05, 4.69) is 0 Å². The largest absolute Gasteiger partial charge is 0.394 e. The van der Waals surface area contributed by atoms with Crippen LogP contribution in [-0.2, 0) is 23.6 Å². The molecule has 36 heavy (non-hydrogen) atoms. The zero-order valence-corrected chi connectivity index (χ0v) is 19.2. The molecular formula is C24H26FN3O8. The number of nitrogens with one attached hydrogen (secondary N) is 1. The molecule has 0 amide bonds. The first-order valence-corrected chi connectivity index (χ1v) is 11.0. The Hall–Kier alpha value is -3.23. The number of aromatic amines is 1. The molecule has 0 spiro atoms. The van der Waals surface area contributed by atoms with Crippen molar-refractivity contribution in [1.82, 2.24) is 14.6 Å². The van der Waals surface area contributed by atoms with E-state index < -0.39 is 54.1 Å². The number of halogens is 1. The molecule has 0 bridgehead atoms. The van der Waals surface area contributed by atoms with Crippen molar-refractivity contribution in [1.29, 1.82) is 0 Å². The molecule has 2 heterocycles. The lowest BCUT2D eigenvalue weighted by Crippen LogP contribution is -2.68. The van der Waals surface area contributed by atoms with Crippen molar-refractivity contribution < 1.29 is 34.8 Å². The Bertz CT molecular complexity index is 1360. The normalized spacial score (nSPS) is 26.0. The summed E-state index contributed by atoms with van der Waals surface area (Å²) in [6, 6.07) is 12.3. The van der Waals surface area contributed by atoms with Crippen molar-refractivity contribution in [3.63, 3.8) is 0 Å². The van der Waals surface area contributed by atoms with Gasteiger partial charge in [0.1, 0.15) is 18.0 Å². The number of benzene rings is 2. The number of aryl methyl sites for hydroxylation is 1. The van der Waals surface area contributed by atoms with Crippen molar-refractivity contribution >= 4 is 0 Å². The third-order valence-corrected chi connectivity index (χ3v) is 6.27. The van der Waals surface area contributed by atoms with Crippen LogP contribution in [0.1, 0.15) is 22.3 Å². The second-order valence-electron chi connectivity index (χ2n) is 8.71. The molecule has 0 unspecified atom stereocenters. The van der Waals surface area contributed by atoms with E-state index in [1.54, 1.807) is 30.3 Å². The van der Waals surface area contributed by atoms with Crippen LogP contribution in [0.2, 0.25) is 0 Å². The molecule has 11 nitrogen and oxygen atoms in total. The van der Waals surface area contributed by atoms with Crippen LogP contribution >= 0.6 is 0 Å². The molecule has 6 N–H and O–H groups in total. The summed E-state index contributed by atoms with van der Waals surface area (Å²) in [4.78, 5) is 27.2. The molecule has 4 atom stereocenters. The minimum absolute atomic E-state index is 0.110. The first-order valence-electron chi connectivity index (χ1n) is 11.0. The molecule has 192 valence electrons. The molecule has 0 radical (unpaired) electrons. The number of H-pyrrole nitrogens is 1. The first kappa shape index (κ1) is 25.9. The van der Waals surface area contributed by atoms with Crippen LogP contribution in [0.25, 0.3) is 0 Å². The Kier molecular flexibility index (Phi) is 6.94. The zero-order chi connectivity index (χ0) is 26.3. The molecule has 4 rings (SSSR count). The lowest BCUT2D eigenvalue weighted by atomic mass is 9.99. The summed E-state index contributed by atoms with van der Waals surface area (Å²) in [6.07, 6.45) is -3.21. The maximum absolute atomic E-state index is 14.2. The van der Waals surface area contributed by atoms with Crippen LogP contribution in [0.5, 0.6) is 0 Å². The summed E-state index contributed by atoms with van der Waals surface area (Å²) in [5, 5.41) is 54.4. The highest BCUT2D eigenvalue weighted by Gasteiger charge is 2.70. The molecule has 0 saturated carbocycles. The minimum Gasteiger partial charge on any atom is -0.394 e. The van der Waals surface area contributed by atoms with Gasteiger partial charge in [-0.05, 0) is 24.1 Å². The van der Waals surface area contributed by atoms with Gasteiger partial charge in [0.25, 0.3) is 5.56 Å². The first-order chi connectivity index (χ1) is 17.0. The fourth-order valence-electron chi connectivity index (χ4n) is 4.20. The average Bonchev–Trinajstić information content (AvgIpc) is 3.05. The molecule has 1 aliphatic heterocycles. The summed E-state index contributed by atoms with van der Waals surface area (Å²) in [7, 11) is 0. The summed E-state index contributed by atoms with van der Waals surface area (Å²) in [5.41, 5.74) is -3.93. The lowest BCUT2D eigenvalue weighted by molar-refractivity contribution is -0.413. The minimum atomic E-state index is -3.19. The van der Waals surface area contributed by atoms with Crippen LogP contribution < -0.4 is 11.2 Å². The fraction of sp³-hybridized carbons (Fsp3) is 0.333. The smallest absolute Gasteiger partial charge is 0.332 e. The number of nitrogens with zero attached hydrogens (tertiary/aromatic N) is 2. The molecule has 0 aliphatic carbocycles. The van der Waals surface area contributed by atoms with Crippen molar-refractivity contribution in [3.05, 3.63) is 104 Å². The third-order valence-electron chi connectivity index (χ3n) is 6.27. The standard InChI is InChI=1S/C24H26FN3O8/c1-14-6-8-15(9-7-14)11-28(35)23(33)20(30)19(13-29)36-24(23,34)27-12-17(21(31)26-22(27)32)10-16-4-2-3-5-18(16)25/h2-9,12,19-20,29-30,33-35H,10-11,13H2,1H3,(H,26,31,32)/t19-,20-,23-,24-/m1/s1. The summed E-state index contributed by atoms with van der Waals surface area (Å²) in [6.45, 7) is 0.511. The number of ether oxygens (including phenoxy) is 1. The van der Waals surface area contributed by atoms with E-state index in [1.165, 1.54) is 18.2 Å². The van der Waals surface area contributed by atoms with Gasteiger partial charge in [-0.1, -0.05) is 48.0 Å². The van der Waals surface area contributed by atoms with Gasteiger partial charge in [-0.2, -0.15) is 0 Å². The maximum Gasteiger partial charge on any atom is 0.332 e. The maximum atomic E-state index is 14.2. The number of hydrogen-bond acceptors (Lipinski definition) is 9. The topological polar surface area (TPSA) is 168 Å². The van der Waals surface area contributed by atoms with E-state index in [-0.39, 0.29) is 22.6 Å². The highest BCUT2D eigenvalue weighted by Crippen LogP contribution is 2.43. The van der Waals surface area contributed by atoms with Crippen LogP contribution in [-0.4, -0.2) is 64.8 Å². The SMILES string of the molecule is Cc1ccc(CN(O)[C@@]2(O)[C@H](O)[C@@H](CO)O[C@@]2(O)n2cc(Cc3ccccc3F)c(=O)[nH]c2=O)cc1. The van der Waals surface area contributed by atoms with Gasteiger partial charge in [0.2, 0.25) is 5.72 Å². The van der Waals surface area contributed by atoms with Crippen LogP contribution in [0, 0.1) is 12.7 Å². The predicted octanol–water partition coefficient (Wildman–Crippen LogP) is -0.490. The van der Waals surface area contributed by atoms with Crippen LogP contribution in [0.4, 0.5) is 4.39 Å². The van der Waals surface area contributed by atoms with Crippen molar-refractivity contribution in [3.8, 4) is 0 Å². The van der Waals surface area contributed by atoms with Gasteiger partial charge >= 0.3 is 11.6 Å². The molecule has 1 saturated heterocycles. The Morgan fingerprint density at radius 3 is 2.42 bits per heavy atom. The molecule has 1 aliphatic rings. The fourth-order valence-corrected chi connectivity index (χ4v) is 4.20. The molecule has 3 aromatic rings. The predicted molar refractivity (Wildman–Crippen MR) is 122 cm³/mol. The second-order valence-corrected chi connectivity index (χ2v) is 8.71. The Morgan fingerprint density at radius 2 is 1.78 bits per heavy atom. The summed E-state index contributed by atoms with van der Waals surface area (Å²) >= 11 is 0. The van der Waals surface area contributed by atoms with Crippen molar-refractivity contribution in [2.75, 3.05) is 6.61 Å². The summed E-state index contributed by atoms with van der Waals surface area (Å²) < 4.78 is 19.9. The van der Waals surface area contributed by atoms with Crippen LogP contribution in [0.15, 0.2) is 64.3 Å². The van der Waals surface area contributed by atoms with E-state index in [4.69, 9.17) is 4.74 Å². The van der Waals surface area contributed by atoms with Crippen LogP contribution in [0.3, 0.4) is 0 Å². The number of hydroxylamine groups is 2. The zero-order valence-electron chi connectivity index (χ0n) is 19.2. The highest BCUT2D eigenvalue weighted by molar-refractivity contribution is 5.25. The monoisotopic (exact) mass is 503 g/mol. The third kappa shape index (κ3) is 4.29. The van der Waals surface area contributed by atoms with E-state index in [1.807, 2.05) is 11.9 Å². The number of aliphatic hydroxyl groups excluding tert-OH is 2. The lowest BCUT2D eigenvalue weighted by Gasteiger charge is -2.42. The summed E-state index contributed by atoms with van der Waals surface area (Å²) in [5.74, 6) is -3.80. The van der Waals surface area contributed by atoms with Gasteiger partial charge in [-0.15, -0.1) is 5.06 Å². The van der Waals surface area contributed by atoms with Gasteiger partial charge in [0.05, 0.1) is 13.2 Å². The van der Waals surface area contributed by atoms with Gasteiger partial charge < -0.3 is 30.4 Å². The molecule has 2 aromatic carbocycles. The Balaban J connectivity index is 1.80. The molecule has 1 aromatic heterocycles. The number of hydrogen-bond donors (Lipinski definition) is 6. The average molecular weight is 503 g/mol. The Morgan fingerprint density at radius 1 is 1.11 bits per heavy atom. The van der Waals surface area contributed by atoms with Crippen molar-refractivity contribution in [2.24, 2.45) is 0 Å². The van der Waals surface area contributed by atoms with E-state index in [0.29, 0.717) is 10.1 Å². The molecule has 1 fully saturated rings. The number of aliphatic hydroxyl groups is 4. The highest BCUT2D eigenvalue weighted by atomic mass is 19.1.